The number of amides is 2. The topological polar surface area (TPSA) is 75.2 Å². The lowest BCUT2D eigenvalue weighted by molar-refractivity contribution is -0.117. The van der Waals surface area contributed by atoms with Gasteiger partial charge in [-0.05, 0) is 18.6 Å². The summed E-state index contributed by atoms with van der Waals surface area (Å²) in [6.07, 6.45) is 1.59. The first kappa shape index (κ1) is 18.3. The predicted molar refractivity (Wildman–Crippen MR) is 111 cm³/mol. The monoisotopic (exact) mass is 462 g/mol. The highest BCUT2D eigenvalue weighted by Crippen LogP contribution is 2.28. The fourth-order valence-electron chi connectivity index (χ4n) is 2.79. The van der Waals surface area contributed by atoms with E-state index in [0.29, 0.717) is 28.9 Å². The molecular weight excluding hydrogens is 448 g/mol. The number of hydrogen-bond donors (Lipinski definition) is 1. The summed E-state index contributed by atoms with van der Waals surface area (Å²) in [4.78, 5) is 34.7. The van der Waals surface area contributed by atoms with E-state index in [4.69, 9.17) is 0 Å². The summed E-state index contributed by atoms with van der Waals surface area (Å²) in [5.41, 5.74) is 2.47. The number of anilines is 2. The number of thiazole rings is 2. The third-order valence-corrected chi connectivity index (χ3v) is 6.22. The van der Waals surface area contributed by atoms with E-state index in [1.807, 2.05) is 35.0 Å². The summed E-state index contributed by atoms with van der Waals surface area (Å²) in [6.45, 7) is 0.704. The lowest BCUT2D eigenvalue weighted by Crippen LogP contribution is -2.23. The van der Waals surface area contributed by atoms with Crippen molar-refractivity contribution in [2.24, 2.45) is 0 Å². The number of halogens is 1. The maximum absolute atomic E-state index is 12.3. The van der Waals surface area contributed by atoms with Crippen LogP contribution in [0.1, 0.15) is 18.5 Å². The van der Waals surface area contributed by atoms with Crippen LogP contribution >= 0.6 is 38.6 Å². The lowest BCUT2D eigenvalue weighted by atomic mass is 10.2. The Morgan fingerprint density at radius 3 is 2.93 bits per heavy atom. The molecule has 6 nitrogen and oxygen atoms in total. The molecule has 1 aliphatic rings. The minimum absolute atomic E-state index is 0.100. The Labute approximate surface area is 172 Å². The molecule has 2 amide bonds. The van der Waals surface area contributed by atoms with E-state index in [1.54, 1.807) is 4.90 Å². The highest BCUT2D eigenvalue weighted by atomic mass is 79.9. The molecule has 0 aliphatic carbocycles. The van der Waals surface area contributed by atoms with Crippen molar-refractivity contribution in [1.29, 1.82) is 0 Å². The number of carbonyl (C=O) groups is 2. The molecule has 27 heavy (non-hydrogen) atoms. The number of rotatable bonds is 5. The van der Waals surface area contributed by atoms with E-state index >= 15 is 0 Å². The summed E-state index contributed by atoms with van der Waals surface area (Å²) in [5, 5.41) is 7.79. The Morgan fingerprint density at radius 1 is 1.26 bits per heavy atom. The van der Waals surface area contributed by atoms with E-state index < -0.39 is 0 Å². The minimum atomic E-state index is -0.172. The van der Waals surface area contributed by atoms with Gasteiger partial charge in [-0.25, -0.2) is 9.97 Å². The summed E-state index contributed by atoms with van der Waals surface area (Å²) < 4.78 is 0.981. The van der Waals surface area contributed by atoms with Gasteiger partial charge in [0.1, 0.15) is 0 Å². The number of nitrogens with one attached hydrogen (secondary N) is 1. The van der Waals surface area contributed by atoms with Gasteiger partial charge in [0.15, 0.2) is 10.3 Å². The van der Waals surface area contributed by atoms with E-state index in [1.165, 1.54) is 22.7 Å². The van der Waals surface area contributed by atoms with Crippen LogP contribution in [0.2, 0.25) is 0 Å². The molecule has 1 fully saturated rings. The van der Waals surface area contributed by atoms with Crippen LogP contribution in [0.3, 0.4) is 0 Å². The Balaban J connectivity index is 1.39. The second-order valence-electron chi connectivity index (χ2n) is 6.04. The van der Waals surface area contributed by atoms with Crippen molar-refractivity contribution in [3.8, 4) is 11.3 Å². The molecule has 4 rings (SSSR count). The van der Waals surface area contributed by atoms with Gasteiger partial charge in [-0.15, -0.1) is 22.7 Å². The number of aromatic nitrogens is 2. The molecule has 138 valence electrons. The molecule has 3 aromatic rings. The quantitative estimate of drug-likeness (QED) is 0.611. The van der Waals surface area contributed by atoms with Crippen molar-refractivity contribution < 1.29 is 9.59 Å². The van der Waals surface area contributed by atoms with E-state index in [0.717, 1.165) is 22.2 Å². The standard InChI is InChI=1S/C18H15BrN4O2S2/c19-12-4-1-3-11(7-12)14-10-26-17(21-14)22-15(24)8-13-9-27-18(20-13)23-6-2-5-16(23)25/h1,3-4,7,9-10H,2,5-6,8H2,(H,21,22,24). The van der Waals surface area contributed by atoms with Crippen molar-refractivity contribution in [2.75, 3.05) is 16.8 Å². The highest BCUT2D eigenvalue weighted by molar-refractivity contribution is 9.10. The zero-order valence-electron chi connectivity index (χ0n) is 14.1. The largest absolute Gasteiger partial charge is 0.302 e. The van der Waals surface area contributed by atoms with Crippen molar-refractivity contribution in [3.63, 3.8) is 0 Å². The molecule has 2 aromatic heterocycles. The zero-order chi connectivity index (χ0) is 18.8. The number of carbonyl (C=O) groups excluding carboxylic acids is 2. The maximum Gasteiger partial charge on any atom is 0.232 e. The van der Waals surface area contributed by atoms with E-state index in [9.17, 15) is 9.59 Å². The van der Waals surface area contributed by atoms with Gasteiger partial charge in [-0.3, -0.25) is 14.5 Å². The second-order valence-corrected chi connectivity index (χ2v) is 8.65. The molecular formula is C18H15BrN4O2S2. The first-order valence-electron chi connectivity index (χ1n) is 8.34. The van der Waals surface area contributed by atoms with E-state index in [-0.39, 0.29) is 18.2 Å². The summed E-state index contributed by atoms with van der Waals surface area (Å²) >= 11 is 6.23. The fraction of sp³-hybridized carbons (Fsp3) is 0.222. The molecule has 1 aromatic carbocycles. The Bertz CT molecular complexity index is 1000. The Kier molecular flexibility index (Phi) is 5.33. The third-order valence-electron chi connectivity index (χ3n) is 4.06. The van der Waals surface area contributed by atoms with Crippen LogP contribution in [0.4, 0.5) is 10.3 Å². The van der Waals surface area contributed by atoms with Gasteiger partial charge < -0.3 is 5.32 Å². The van der Waals surface area contributed by atoms with Gasteiger partial charge in [-0.2, -0.15) is 0 Å². The van der Waals surface area contributed by atoms with Gasteiger partial charge in [-0.1, -0.05) is 28.1 Å². The highest BCUT2D eigenvalue weighted by Gasteiger charge is 2.24. The molecule has 0 radical (unpaired) electrons. The first-order chi connectivity index (χ1) is 13.1. The van der Waals surface area contributed by atoms with Gasteiger partial charge in [0, 0.05) is 33.8 Å². The van der Waals surface area contributed by atoms with Crippen LogP contribution < -0.4 is 10.2 Å². The smallest absolute Gasteiger partial charge is 0.232 e. The van der Waals surface area contributed by atoms with Gasteiger partial charge in [0.2, 0.25) is 11.8 Å². The molecule has 0 unspecified atom stereocenters. The Morgan fingerprint density at radius 2 is 2.15 bits per heavy atom. The molecule has 0 atom stereocenters. The van der Waals surface area contributed by atoms with Gasteiger partial charge in [0.25, 0.3) is 0 Å². The molecule has 1 saturated heterocycles. The average molecular weight is 463 g/mol. The van der Waals surface area contributed by atoms with Crippen LogP contribution in [0, 0.1) is 0 Å². The van der Waals surface area contributed by atoms with Crippen LogP contribution in [-0.2, 0) is 16.0 Å². The molecule has 0 bridgehead atoms. The van der Waals surface area contributed by atoms with Crippen molar-refractivity contribution >= 4 is 60.7 Å². The van der Waals surface area contributed by atoms with Crippen LogP contribution in [0.5, 0.6) is 0 Å². The zero-order valence-corrected chi connectivity index (χ0v) is 17.4. The number of hydrogen-bond acceptors (Lipinski definition) is 6. The molecule has 1 aliphatic heterocycles. The average Bonchev–Trinajstić information content (AvgIpc) is 3.36. The molecule has 3 heterocycles. The summed E-state index contributed by atoms with van der Waals surface area (Å²) in [6, 6.07) is 7.86. The van der Waals surface area contributed by atoms with Crippen molar-refractivity contribution in [2.45, 2.75) is 19.3 Å². The van der Waals surface area contributed by atoms with Crippen LogP contribution in [0.15, 0.2) is 39.5 Å². The second kappa shape index (κ2) is 7.87. The van der Waals surface area contributed by atoms with Crippen LogP contribution in [0.25, 0.3) is 11.3 Å². The lowest BCUT2D eigenvalue weighted by Gasteiger charge is -2.10. The molecule has 1 N–H and O–H groups in total. The van der Waals surface area contributed by atoms with Gasteiger partial charge in [0.05, 0.1) is 17.8 Å². The summed E-state index contributed by atoms with van der Waals surface area (Å²) in [7, 11) is 0. The number of benzene rings is 1. The normalized spacial score (nSPS) is 14.0. The SMILES string of the molecule is O=C(Cc1csc(N2CCCC2=O)n1)Nc1nc(-c2cccc(Br)c2)cs1. The maximum atomic E-state index is 12.3. The Hall–Kier alpha value is -2.10. The summed E-state index contributed by atoms with van der Waals surface area (Å²) in [5.74, 6) is -0.0713. The van der Waals surface area contributed by atoms with Crippen molar-refractivity contribution in [3.05, 3.63) is 45.2 Å². The van der Waals surface area contributed by atoms with Crippen LogP contribution in [-0.4, -0.2) is 28.3 Å². The fourth-order valence-corrected chi connectivity index (χ4v) is 4.79. The molecule has 9 heteroatoms. The predicted octanol–water partition coefficient (Wildman–Crippen LogP) is 4.34. The number of nitrogens with zero attached hydrogens (tertiary/aromatic N) is 3. The molecule has 0 saturated carbocycles. The first-order valence-corrected chi connectivity index (χ1v) is 10.9. The van der Waals surface area contributed by atoms with Gasteiger partial charge >= 0.3 is 0 Å². The molecule has 0 spiro atoms. The third kappa shape index (κ3) is 4.26. The van der Waals surface area contributed by atoms with E-state index in [2.05, 4.69) is 31.2 Å². The minimum Gasteiger partial charge on any atom is -0.302 e. The van der Waals surface area contributed by atoms with Crippen molar-refractivity contribution in [1.82, 2.24) is 9.97 Å².